The third-order valence-corrected chi connectivity index (χ3v) is 4.96. The van der Waals surface area contributed by atoms with Crippen LogP contribution < -0.4 is 20.5 Å². The van der Waals surface area contributed by atoms with Crippen LogP contribution in [0.15, 0.2) is 23.0 Å². The van der Waals surface area contributed by atoms with Gasteiger partial charge in [0.25, 0.3) is 0 Å². The van der Waals surface area contributed by atoms with E-state index in [1.165, 1.54) is 4.68 Å². The fraction of sp³-hybridized carbons (Fsp3) is 0.526. The molecule has 0 aliphatic carbocycles. The number of aryl methyl sites for hydroxylation is 3. The van der Waals surface area contributed by atoms with E-state index < -0.39 is 0 Å². The van der Waals surface area contributed by atoms with E-state index in [4.69, 9.17) is 9.47 Å². The van der Waals surface area contributed by atoms with Gasteiger partial charge >= 0.3 is 5.69 Å². The maximum absolute atomic E-state index is 12.4. The number of methoxy groups -OCH3 is 2. The molecule has 0 saturated heterocycles. The summed E-state index contributed by atoms with van der Waals surface area (Å²) >= 11 is 0. The van der Waals surface area contributed by atoms with E-state index >= 15 is 0 Å². The lowest BCUT2D eigenvalue weighted by atomic mass is 10.1. The molecule has 1 unspecified atom stereocenters. The van der Waals surface area contributed by atoms with Crippen molar-refractivity contribution in [1.82, 2.24) is 19.7 Å². The molecule has 2 aromatic rings. The standard InChI is InChI=1S/C19H26N4O4/c1-22-19(25)23-11-10-14(6-8-17(23)21-22)20-18(24)9-5-13-4-7-15(26-2)16(12-13)27-3/h4,7,12,14H,5-6,8-11H2,1-3H3,(H,20,24). The normalized spacial score (nSPS) is 16.3. The second-order valence-corrected chi connectivity index (χ2v) is 6.76. The van der Waals surface area contributed by atoms with Crippen molar-refractivity contribution >= 4 is 5.91 Å². The molecular weight excluding hydrogens is 348 g/mol. The molecule has 1 N–H and O–H groups in total. The Kier molecular flexibility index (Phi) is 5.83. The lowest BCUT2D eigenvalue weighted by Gasteiger charge is -2.16. The molecular formula is C19H26N4O4. The number of fused-ring (bicyclic) bond motifs is 1. The number of nitrogens with zero attached hydrogens (tertiary/aromatic N) is 3. The van der Waals surface area contributed by atoms with Gasteiger partial charge in [-0.3, -0.25) is 9.36 Å². The number of benzene rings is 1. The van der Waals surface area contributed by atoms with Gasteiger partial charge in [-0.05, 0) is 37.0 Å². The van der Waals surface area contributed by atoms with Gasteiger partial charge in [0.15, 0.2) is 11.5 Å². The molecule has 27 heavy (non-hydrogen) atoms. The highest BCUT2D eigenvalue weighted by Gasteiger charge is 2.21. The van der Waals surface area contributed by atoms with E-state index in [0.29, 0.717) is 37.3 Å². The van der Waals surface area contributed by atoms with Gasteiger partial charge < -0.3 is 14.8 Å². The smallest absolute Gasteiger partial charge is 0.345 e. The second kappa shape index (κ2) is 8.28. The van der Waals surface area contributed by atoms with Crippen molar-refractivity contribution < 1.29 is 14.3 Å². The Morgan fingerprint density at radius 3 is 2.78 bits per heavy atom. The minimum Gasteiger partial charge on any atom is -0.493 e. The maximum atomic E-state index is 12.4. The molecule has 0 spiro atoms. The fourth-order valence-corrected chi connectivity index (χ4v) is 3.44. The average molecular weight is 374 g/mol. The highest BCUT2D eigenvalue weighted by Crippen LogP contribution is 2.28. The number of nitrogens with one attached hydrogen (secondary N) is 1. The van der Waals surface area contributed by atoms with Gasteiger partial charge in [0, 0.05) is 32.5 Å². The van der Waals surface area contributed by atoms with E-state index in [0.717, 1.165) is 24.2 Å². The number of ether oxygens (including phenoxy) is 2. The SMILES string of the molecule is COc1ccc(CCC(=O)NC2CCc3nn(C)c(=O)n3CC2)cc1OC. The molecule has 1 aromatic heterocycles. The first-order valence-electron chi connectivity index (χ1n) is 9.14. The van der Waals surface area contributed by atoms with E-state index in [2.05, 4.69) is 10.4 Å². The molecule has 0 radical (unpaired) electrons. The fourth-order valence-electron chi connectivity index (χ4n) is 3.44. The molecule has 1 atom stereocenters. The van der Waals surface area contributed by atoms with Crippen LogP contribution in [0.4, 0.5) is 0 Å². The molecule has 8 heteroatoms. The predicted molar refractivity (Wildman–Crippen MR) is 100 cm³/mol. The molecule has 0 saturated carbocycles. The number of carbonyl (C=O) groups is 1. The van der Waals surface area contributed by atoms with Crippen LogP contribution in [0.2, 0.25) is 0 Å². The molecule has 0 bridgehead atoms. The number of carbonyl (C=O) groups excluding carboxylic acids is 1. The first-order valence-corrected chi connectivity index (χ1v) is 9.14. The van der Waals surface area contributed by atoms with Crippen LogP contribution in [0.5, 0.6) is 11.5 Å². The van der Waals surface area contributed by atoms with Crippen molar-refractivity contribution in [2.24, 2.45) is 7.05 Å². The van der Waals surface area contributed by atoms with Crippen LogP contribution in [-0.4, -0.2) is 40.5 Å². The van der Waals surface area contributed by atoms with Gasteiger partial charge in [0.2, 0.25) is 5.91 Å². The minimum atomic E-state index is -0.0922. The van der Waals surface area contributed by atoms with Crippen LogP contribution in [-0.2, 0) is 31.2 Å². The quantitative estimate of drug-likeness (QED) is 0.817. The first kappa shape index (κ1) is 19.0. The van der Waals surface area contributed by atoms with Crippen molar-refractivity contribution in [3.63, 3.8) is 0 Å². The predicted octanol–water partition coefficient (Wildman–Crippen LogP) is 1.05. The summed E-state index contributed by atoms with van der Waals surface area (Å²) in [6.45, 7) is 0.586. The van der Waals surface area contributed by atoms with Gasteiger partial charge in [0.1, 0.15) is 5.82 Å². The molecule has 1 aliphatic heterocycles. The lowest BCUT2D eigenvalue weighted by Crippen LogP contribution is -2.35. The number of hydrogen-bond acceptors (Lipinski definition) is 5. The van der Waals surface area contributed by atoms with Gasteiger partial charge in [0.05, 0.1) is 14.2 Å². The largest absolute Gasteiger partial charge is 0.493 e. The summed E-state index contributed by atoms with van der Waals surface area (Å²) in [5.41, 5.74) is 0.928. The Labute approximate surface area is 158 Å². The number of amides is 1. The number of aromatic nitrogens is 3. The Bertz CT molecular complexity index is 871. The van der Waals surface area contributed by atoms with Gasteiger partial charge in [-0.1, -0.05) is 6.07 Å². The summed E-state index contributed by atoms with van der Waals surface area (Å²) in [5.74, 6) is 2.15. The van der Waals surface area contributed by atoms with Gasteiger partial charge in [-0.15, -0.1) is 0 Å². The number of rotatable bonds is 6. The summed E-state index contributed by atoms with van der Waals surface area (Å²) in [5, 5.41) is 7.36. The summed E-state index contributed by atoms with van der Waals surface area (Å²) < 4.78 is 13.6. The third kappa shape index (κ3) is 4.32. The van der Waals surface area contributed by atoms with Crippen LogP contribution in [0.1, 0.15) is 30.7 Å². The van der Waals surface area contributed by atoms with Crippen molar-refractivity contribution in [2.45, 2.75) is 44.7 Å². The zero-order valence-corrected chi connectivity index (χ0v) is 16.0. The summed E-state index contributed by atoms with van der Waals surface area (Å²) in [6.07, 6.45) is 3.25. The van der Waals surface area contributed by atoms with E-state index in [1.807, 2.05) is 18.2 Å². The monoisotopic (exact) mass is 374 g/mol. The van der Waals surface area contributed by atoms with Gasteiger partial charge in [-0.25, -0.2) is 9.48 Å². The van der Waals surface area contributed by atoms with Crippen molar-refractivity contribution in [1.29, 1.82) is 0 Å². The highest BCUT2D eigenvalue weighted by atomic mass is 16.5. The zero-order chi connectivity index (χ0) is 19.4. The summed E-state index contributed by atoms with van der Waals surface area (Å²) in [6, 6.07) is 5.75. The van der Waals surface area contributed by atoms with E-state index in [-0.39, 0.29) is 17.6 Å². The molecule has 2 heterocycles. The Hall–Kier alpha value is -2.77. The van der Waals surface area contributed by atoms with Crippen LogP contribution >= 0.6 is 0 Å². The maximum Gasteiger partial charge on any atom is 0.345 e. The lowest BCUT2D eigenvalue weighted by molar-refractivity contribution is -0.121. The summed E-state index contributed by atoms with van der Waals surface area (Å²) in [4.78, 5) is 24.4. The molecule has 1 amide bonds. The second-order valence-electron chi connectivity index (χ2n) is 6.76. The molecule has 0 fully saturated rings. The van der Waals surface area contributed by atoms with Crippen LogP contribution in [0, 0.1) is 0 Å². The van der Waals surface area contributed by atoms with Crippen LogP contribution in [0.3, 0.4) is 0 Å². The minimum absolute atomic E-state index is 0.0160. The molecule has 1 aromatic carbocycles. The van der Waals surface area contributed by atoms with E-state index in [9.17, 15) is 9.59 Å². The Morgan fingerprint density at radius 2 is 2.04 bits per heavy atom. The Balaban J connectivity index is 1.52. The first-order chi connectivity index (χ1) is 13.0. The zero-order valence-electron chi connectivity index (χ0n) is 16.0. The highest BCUT2D eigenvalue weighted by molar-refractivity contribution is 5.76. The van der Waals surface area contributed by atoms with E-state index in [1.54, 1.807) is 25.8 Å². The number of hydrogen-bond donors (Lipinski definition) is 1. The molecule has 3 rings (SSSR count). The van der Waals surface area contributed by atoms with Crippen molar-refractivity contribution in [3.05, 3.63) is 40.1 Å². The van der Waals surface area contributed by atoms with Crippen LogP contribution in [0.25, 0.3) is 0 Å². The molecule has 146 valence electrons. The summed E-state index contributed by atoms with van der Waals surface area (Å²) in [7, 11) is 4.86. The molecule has 1 aliphatic rings. The average Bonchev–Trinajstić information content (AvgIpc) is 2.82. The Morgan fingerprint density at radius 1 is 1.26 bits per heavy atom. The molecule has 8 nitrogen and oxygen atoms in total. The third-order valence-electron chi connectivity index (χ3n) is 4.96. The van der Waals surface area contributed by atoms with Gasteiger partial charge in [-0.2, -0.15) is 5.10 Å². The van der Waals surface area contributed by atoms with Crippen molar-refractivity contribution in [2.75, 3.05) is 14.2 Å². The van der Waals surface area contributed by atoms with Crippen molar-refractivity contribution in [3.8, 4) is 11.5 Å². The topological polar surface area (TPSA) is 87.4 Å².